The van der Waals surface area contributed by atoms with E-state index in [4.69, 9.17) is 9.47 Å². The third-order valence-corrected chi connectivity index (χ3v) is 3.92. The monoisotopic (exact) mass is 278 g/mol. The summed E-state index contributed by atoms with van der Waals surface area (Å²) in [6, 6.07) is 0. The Hall–Kier alpha value is -0.210. The van der Waals surface area contributed by atoms with E-state index < -0.39 is 6.10 Å². The maximum absolute atomic E-state index is 9.64. The largest absolute Gasteiger partial charge is 0.390 e. The molecule has 1 unspecified atom stereocenters. The van der Waals surface area contributed by atoms with Crippen LogP contribution in [-0.2, 0) is 15.9 Å². The fourth-order valence-electron chi connectivity index (χ4n) is 1.02. The number of methoxy groups -OCH3 is 1. The zero-order valence-electron chi connectivity index (χ0n) is 10.1. The zero-order chi connectivity index (χ0) is 12.5. The number of hydrogen-bond donors (Lipinski definition) is 1. The van der Waals surface area contributed by atoms with Crippen molar-refractivity contribution >= 4 is 23.3 Å². The minimum Gasteiger partial charge on any atom is -0.390 e. The molecule has 1 rings (SSSR count). The van der Waals surface area contributed by atoms with Crippen molar-refractivity contribution in [1.82, 2.24) is 9.36 Å². The van der Waals surface area contributed by atoms with E-state index in [1.165, 1.54) is 23.3 Å². The van der Waals surface area contributed by atoms with E-state index in [-0.39, 0.29) is 0 Å². The van der Waals surface area contributed by atoms with Crippen LogP contribution in [0.2, 0.25) is 0 Å². The van der Waals surface area contributed by atoms with Gasteiger partial charge in [0.1, 0.15) is 5.82 Å². The van der Waals surface area contributed by atoms with Gasteiger partial charge in [-0.3, -0.25) is 0 Å². The Bertz CT molecular complexity index is 309. The quantitative estimate of drug-likeness (QED) is 0.541. The smallest absolute Gasteiger partial charge is 0.170 e. The minimum atomic E-state index is -0.481. The number of aromatic nitrogens is 2. The highest BCUT2D eigenvalue weighted by molar-refractivity contribution is 8.00. The van der Waals surface area contributed by atoms with Crippen molar-refractivity contribution in [3.05, 3.63) is 5.82 Å². The first-order valence-corrected chi connectivity index (χ1v) is 7.22. The Labute approximate surface area is 110 Å². The molecule has 0 fully saturated rings. The molecule has 0 aliphatic heterocycles. The van der Waals surface area contributed by atoms with Crippen molar-refractivity contribution in [3.8, 4) is 0 Å². The second-order valence-electron chi connectivity index (χ2n) is 3.36. The lowest BCUT2D eigenvalue weighted by Crippen LogP contribution is -2.19. The highest BCUT2D eigenvalue weighted by Gasteiger charge is 2.08. The van der Waals surface area contributed by atoms with E-state index in [0.29, 0.717) is 25.6 Å². The molecule has 0 bridgehead atoms. The first kappa shape index (κ1) is 14.8. The van der Waals surface area contributed by atoms with Crippen LogP contribution in [0.1, 0.15) is 12.7 Å². The predicted molar refractivity (Wildman–Crippen MR) is 68.7 cm³/mol. The lowest BCUT2D eigenvalue weighted by Gasteiger charge is -2.09. The molecule has 1 aromatic rings. The third kappa shape index (κ3) is 6.32. The summed E-state index contributed by atoms with van der Waals surface area (Å²) in [5, 5.41) is 9.64. The van der Waals surface area contributed by atoms with Crippen molar-refractivity contribution in [2.45, 2.75) is 23.8 Å². The van der Waals surface area contributed by atoms with Gasteiger partial charge in [0.2, 0.25) is 0 Å². The summed E-state index contributed by atoms with van der Waals surface area (Å²) in [5.74, 6) is 1.44. The lowest BCUT2D eigenvalue weighted by molar-refractivity contribution is 0.0218. The highest BCUT2D eigenvalue weighted by atomic mass is 32.2. The van der Waals surface area contributed by atoms with Gasteiger partial charge < -0.3 is 14.6 Å². The van der Waals surface area contributed by atoms with Gasteiger partial charge in [-0.2, -0.15) is 4.37 Å². The van der Waals surface area contributed by atoms with E-state index >= 15 is 0 Å². The Morgan fingerprint density at radius 3 is 2.94 bits per heavy atom. The average molecular weight is 278 g/mol. The van der Waals surface area contributed by atoms with Crippen LogP contribution in [0.15, 0.2) is 4.34 Å². The summed E-state index contributed by atoms with van der Waals surface area (Å²) < 4.78 is 15.1. The van der Waals surface area contributed by atoms with E-state index in [0.717, 1.165) is 16.6 Å². The number of thioether (sulfide) groups is 1. The molecule has 0 radical (unpaired) electrons. The maximum atomic E-state index is 9.64. The summed E-state index contributed by atoms with van der Waals surface area (Å²) >= 11 is 2.89. The molecule has 0 aliphatic rings. The number of aliphatic hydroxyl groups excluding tert-OH is 1. The standard InChI is InChI=1S/C10H18N2O3S2/c1-3-9-11-10(17-12-9)16-7-8(13)6-15-5-4-14-2/h8,13H,3-7H2,1-2H3. The molecule has 5 nitrogen and oxygen atoms in total. The van der Waals surface area contributed by atoms with Crippen LogP contribution >= 0.6 is 23.3 Å². The predicted octanol–water partition coefficient (Wildman–Crippen LogP) is 1.22. The third-order valence-electron chi connectivity index (χ3n) is 1.91. The summed E-state index contributed by atoms with van der Waals surface area (Å²) in [4.78, 5) is 4.31. The summed E-state index contributed by atoms with van der Waals surface area (Å²) in [6.07, 6.45) is 0.366. The number of ether oxygens (including phenoxy) is 2. The SMILES string of the molecule is CCc1nsc(SCC(O)COCCOC)n1. The van der Waals surface area contributed by atoms with Crippen LogP contribution in [0.5, 0.6) is 0 Å². The van der Waals surface area contributed by atoms with Gasteiger partial charge in [-0.25, -0.2) is 4.98 Å². The molecule has 1 heterocycles. The molecule has 0 saturated heterocycles. The normalized spacial score (nSPS) is 12.9. The Morgan fingerprint density at radius 2 is 2.29 bits per heavy atom. The lowest BCUT2D eigenvalue weighted by atomic mass is 10.4. The minimum absolute atomic E-state index is 0.329. The molecule has 1 atom stereocenters. The van der Waals surface area contributed by atoms with E-state index in [2.05, 4.69) is 9.36 Å². The zero-order valence-corrected chi connectivity index (χ0v) is 11.7. The molecule has 0 saturated carbocycles. The molecule has 0 aromatic carbocycles. The molecule has 17 heavy (non-hydrogen) atoms. The summed E-state index contributed by atoms with van der Waals surface area (Å²) in [7, 11) is 1.62. The Balaban J connectivity index is 2.12. The number of aliphatic hydroxyl groups is 1. The molecule has 1 N–H and O–H groups in total. The fraction of sp³-hybridized carbons (Fsp3) is 0.800. The van der Waals surface area contributed by atoms with Crippen molar-refractivity contribution in [2.75, 3.05) is 32.7 Å². The second-order valence-corrected chi connectivity index (χ2v) is 5.38. The van der Waals surface area contributed by atoms with Gasteiger partial charge in [0.25, 0.3) is 0 Å². The number of rotatable bonds is 9. The molecule has 0 amide bonds. The molecule has 0 aliphatic carbocycles. The first-order valence-electron chi connectivity index (χ1n) is 5.46. The molecule has 0 spiro atoms. The van der Waals surface area contributed by atoms with Gasteiger partial charge in [-0.1, -0.05) is 18.7 Å². The number of aryl methyl sites for hydroxylation is 1. The van der Waals surface area contributed by atoms with Gasteiger partial charge in [0.15, 0.2) is 4.34 Å². The Kier molecular flexibility index (Phi) is 7.70. The summed E-state index contributed by atoms with van der Waals surface area (Å²) in [5.41, 5.74) is 0. The van der Waals surface area contributed by atoms with Crippen molar-refractivity contribution in [2.24, 2.45) is 0 Å². The van der Waals surface area contributed by atoms with Crippen molar-refractivity contribution in [1.29, 1.82) is 0 Å². The fourth-order valence-corrected chi connectivity index (χ4v) is 2.64. The average Bonchev–Trinajstić information content (AvgIpc) is 2.80. The van der Waals surface area contributed by atoms with Gasteiger partial charge in [0, 0.05) is 19.3 Å². The molecule has 7 heteroatoms. The molecule has 98 valence electrons. The van der Waals surface area contributed by atoms with E-state index in [9.17, 15) is 5.11 Å². The van der Waals surface area contributed by atoms with Crippen molar-refractivity contribution in [3.63, 3.8) is 0 Å². The van der Waals surface area contributed by atoms with Crippen LogP contribution in [0.4, 0.5) is 0 Å². The highest BCUT2D eigenvalue weighted by Crippen LogP contribution is 2.21. The van der Waals surface area contributed by atoms with Crippen LogP contribution in [-0.4, -0.2) is 53.3 Å². The van der Waals surface area contributed by atoms with Gasteiger partial charge in [-0.15, -0.1) is 0 Å². The molecular weight excluding hydrogens is 260 g/mol. The van der Waals surface area contributed by atoms with Gasteiger partial charge >= 0.3 is 0 Å². The number of nitrogens with zero attached hydrogens (tertiary/aromatic N) is 2. The van der Waals surface area contributed by atoms with Crippen LogP contribution in [0.3, 0.4) is 0 Å². The van der Waals surface area contributed by atoms with Gasteiger partial charge in [0.05, 0.1) is 25.9 Å². The molecule has 1 aromatic heterocycles. The molecular formula is C10H18N2O3S2. The van der Waals surface area contributed by atoms with Crippen LogP contribution in [0, 0.1) is 0 Å². The van der Waals surface area contributed by atoms with Crippen LogP contribution in [0.25, 0.3) is 0 Å². The maximum Gasteiger partial charge on any atom is 0.170 e. The topological polar surface area (TPSA) is 64.5 Å². The number of hydrogen-bond acceptors (Lipinski definition) is 7. The van der Waals surface area contributed by atoms with Crippen LogP contribution < -0.4 is 0 Å². The van der Waals surface area contributed by atoms with E-state index in [1.807, 2.05) is 6.92 Å². The Morgan fingerprint density at radius 1 is 1.47 bits per heavy atom. The van der Waals surface area contributed by atoms with Gasteiger partial charge in [-0.05, 0) is 11.5 Å². The van der Waals surface area contributed by atoms with Crippen molar-refractivity contribution < 1.29 is 14.6 Å². The summed E-state index contributed by atoms with van der Waals surface area (Å²) in [6.45, 7) is 3.41. The van der Waals surface area contributed by atoms with E-state index in [1.54, 1.807) is 7.11 Å². The second kappa shape index (κ2) is 8.82. The first-order chi connectivity index (χ1) is 8.26.